The number of hydrogen-bond donors (Lipinski definition) is 15. The molecule has 30 heteroatoms. The summed E-state index contributed by atoms with van der Waals surface area (Å²) in [6.45, 7) is 5.48. The number of likely N-dealkylation sites (N-methyl/N-ethyl adjacent to an activating group) is 1. The summed E-state index contributed by atoms with van der Waals surface area (Å²) >= 11 is 0. The summed E-state index contributed by atoms with van der Waals surface area (Å²) in [5.74, 6) is -19.2. The van der Waals surface area contributed by atoms with E-state index in [1.807, 2.05) is 12.2 Å². The van der Waals surface area contributed by atoms with Crippen molar-refractivity contribution in [2.45, 2.75) is 158 Å². The van der Waals surface area contributed by atoms with Crippen LogP contribution in [0, 0.1) is 0 Å². The number of unbranched alkanes of at least 4 members (excludes halogenated alkanes) is 1. The number of allylic oxidation sites excluding steroid dienone is 2. The smallest absolute Gasteiger partial charge is 0.305 e. The molecule has 30 nitrogen and oxygen atoms in total. The molecule has 0 spiro atoms. The van der Waals surface area contributed by atoms with E-state index in [2.05, 4.69) is 37.2 Å². The van der Waals surface area contributed by atoms with E-state index in [0.29, 0.717) is 17.5 Å². The first-order chi connectivity index (χ1) is 40.3. The topological polar surface area (TPSA) is 523 Å². The molecule has 11 atom stereocenters. The van der Waals surface area contributed by atoms with Gasteiger partial charge < -0.3 is 81.4 Å². The molecular formula is C56H79N13O17. The number of hydrogen-bond acceptors (Lipinski definition) is 21. The molecule has 0 fully saturated rings. The van der Waals surface area contributed by atoms with Crippen LogP contribution in [0.15, 0.2) is 66.7 Å². The van der Waals surface area contributed by atoms with Crippen molar-refractivity contribution in [2.75, 3.05) is 13.6 Å². The molecule has 5 unspecified atom stereocenters. The first kappa shape index (κ1) is 73.1. The molecule has 0 aliphatic carbocycles. The van der Waals surface area contributed by atoms with E-state index in [-0.39, 0.29) is 37.9 Å². The number of ketones is 6. The Morgan fingerprint density at radius 1 is 0.605 bits per heavy atom. The molecule has 86 heavy (non-hydrogen) atoms. The van der Waals surface area contributed by atoms with Gasteiger partial charge in [-0.2, -0.15) is 0 Å². The normalized spacial score (nSPS) is 15.3. The molecular weight excluding hydrogens is 1130 g/mol. The van der Waals surface area contributed by atoms with E-state index in [9.17, 15) is 82.1 Å². The molecule has 0 radical (unpaired) electrons. The van der Waals surface area contributed by atoms with E-state index in [1.165, 1.54) is 38.2 Å². The number of carbonyl (C=O) groups is 15. The quantitative estimate of drug-likeness (QED) is 0.0169. The van der Waals surface area contributed by atoms with Crippen molar-refractivity contribution < 1.29 is 82.1 Å². The van der Waals surface area contributed by atoms with Gasteiger partial charge in [-0.3, -0.25) is 71.9 Å². The Labute approximate surface area is 495 Å². The van der Waals surface area contributed by atoms with Gasteiger partial charge in [-0.25, -0.2) is 0 Å². The third-order valence-corrected chi connectivity index (χ3v) is 13.3. The Balaban J connectivity index is 2.86. The number of phenolic OH excluding ortho intramolecular Hbond substituents is 1. The Morgan fingerprint density at radius 2 is 1.10 bits per heavy atom. The number of carbonyl (C=O) groups excluding carboxylic acids is 14. The number of carboxylic acids is 1. The molecule has 2 aromatic carbocycles. The number of Topliss-reactive ketones (excluding diaryl/α,β-unsaturated/α-hetero) is 6. The molecule has 20 N–H and O–H groups in total. The zero-order valence-electron chi connectivity index (χ0n) is 48.6. The lowest BCUT2D eigenvalue weighted by Crippen LogP contribution is -2.68. The Hall–Kier alpha value is -8.97. The first-order valence-electron chi connectivity index (χ1n) is 27.2. The maximum Gasteiger partial charge on any atom is 0.305 e. The number of aromatic hydroxyl groups is 1. The molecule has 0 aliphatic rings. The zero-order valence-corrected chi connectivity index (χ0v) is 48.6. The van der Waals surface area contributed by atoms with Crippen molar-refractivity contribution in [3.8, 4) is 5.75 Å². The van der Waals surface area contributed by atoms with Crippen molar-refractivity contribution in [3.63, 3.8) is 0 Å². The fourth-order valence-electron chi connectivity index (χ4n) is 8.20. The summed E-state index contributed by atoms with van der Waals surface area (Å²) < 4.78 is 0. The number of primary amides is 1. The standard InChI is InChI=1S/C56H79N13O17/c1-7-8-9-10-14-21-56(5,69-54(85)46(50(81)37(60)25-42(76)77)65-41(75)27-63-30(4)71)55(86)68-45(48(79)35(58)22-31-15-12-11-13-16-31)53(84)67-44(49(80)36(59)24-40(61)74)52(83)64-38(26-39(73)28(2)62-6)51(82)66-43(29(3)70)47(78)34(57)23-32-17-19-33(72)20-18-32/h8-9,11-13,15-20,28,34-38,43-46,62,72H,7,10,14,21-27,57-60H2,1-6H3,(H2,61,74)(H,63,71)(H,64,83)(H,65,75)(H,66,82)(H,67,84)(H,68,86)(H,69,85)(H,76,77)/b9-8-/t28-,34-,35-,36-,37-,38?,43?,44?,45?,46?,56-/m0/s1. The van der Waals surface area contributed by atoms with Gasteiger partial charge in [0.1, 0.15) is 23.4 Å². The Kier molecular flexibility index (Phi) is 30.1. The largest absolute Gasteiger partial charge is 0.508 e. The lowest BCUT2D eigenvalue weighted by atomic mass is 9.90. The highest BCUT2D eigenvalue weighted by molar-refractivity contribution is 6.17. The van der Waals surface area contributed by atoms with Crippen LogP contribution in [0.1, 0.15) is 90.7 Å². The highest BCUT2D eigenvalue weighted by atomic mass is 16.4. The molecule has 2 rings (SSSR count). The van der Waals surface area contributed by atoms with E-state index in [1.54, 1.807) is 42.5 Å². The van der Waals surface area contributed by atoms with Gasteiger partial charge in [0.2, 0.25) is 29.5 Å². The number of benzene rings is 2. The van der Waals surface area contributed by atoms with Gasteiger partial charge in [0.05, 0.1) is 43.2 Å². The lowest BCUT2D eigenvalue weighted by Gasteiger charge is -2.33. The van der Waals surface area contributed by atoms with Gasteiger partial charge in [0.25, 0.3) is 17.7 Å². The maximum atomic E-state index is 14.9. The van der Waals surface area contributed by atoms with Gasteiger partial charge in [-0.05, 0) is 89.6 Å². The van der Waals surface area contributed by atoms with Gasteiger partial charge in [-0.1, -0.05) is 61.5 Å². The number of carboxylic acid groups (broad SMARTS) is 1. The van der Waals surface area contributed by atoms with Crippen LogP contribution in [0.4, 0.5) is 0 Å². The lowest BCUT2D eigenvalue weighted by molar-refractivity contribution is -0.144. The summed E-state index contributed by atoms with van der Waals surface area (Å²) in [5.41, 5.74) is 28.3. The van der Waals surface area contributed by atoms with Crippen LogP contribution in [0.3, 0.4) is 0 Å². The van der Waals surface area contributed by atoms with Crippen LogP contribution in [0.5, 0.6) is 5.75 Å². The van der Waals surface area contributed by atoms with Crippen LogP contribution in [0.25, 0.3) is 0 Å². The monoisotopic (exact) mass is 1210 g/mol. The van der Waals surface area contributed by atoms with Gasteiger partial charge >= 0.3 is 5.97 Å². The predicted molar refractivity (Wildman–Crippen MR) is 307 cm³/mol. The van der Waals surface area contributed by atoms with E-state index in [4.69, 9.17) is 28.7 Å². The molecule has 0 saturated heterocycles. The summed E-state index contributed by atoms with van der Waals surface area (Å²) in [4.78, 5) is 204. The predicted octanol–water partition coefficient (Wildman–Crippen LogP) is -5.16. The highest BCUT2D eigenvalue weighted by Crippen LogP contribution is 2.18. The van der Waals surface area contributed by atoms with Crippen molar-refractivity contribution >= 4 is 87.9 Å². The Bertz CT molecular complexity index is 2850. The number of rotatable bonds is 39. The number of phenols is 1. The van der Waals surface area contributed by atoms with Gasteiger partial charge in [0, 0.05) is 19.8 Å². The fourth-order valence-corrected chi connectivity index (χ4v) is 8.20. The van der Waals surface area contributed by atoms with Gasteiger partial charge in [-0.15, -0.1) is 0 Å². The molecule has 0 saturated carbocycles. The minimum Gasteiger partial charge on any atom is -0.508 e. The average Bonchev–Trinajstić information content (AvgIpc) is 2.95. The van der Waals surface area contributed by atoms with Crippen molar-refractivity contribution in [3.05, 3.63) is 77.9 Å². The molecule has 470 valence electrons. The average molecular weight is 1210 g/mol. The molecule has 0 aromatic heterocycles. The zero-order chi connectivity index (χ0) is 65.2. The fraction of sp³-hybridized carbons (Fsp3) is 0.482. The SMILES string of the molecule is CC/C=C\CCC[C@](C)(NC(=O)C(NC(=O)CNC(C)=O)C(=O)[C@@H](N)CC(=O)O)C(=O)NC(C(=O)NC(C(=O)NC(CC(=O)[C@H](C)NC)C(=O)NC(C(C)=O)C(=O)[C@@H](N)Cc1ccc(O)cc1)C(=O)[C@@H](N)CC(N)=O)C(=O)[C@@H](N)Cc1ccccc1. The second-order valence-electron chi connectivity index (χ2n) is 20.5. The number of nitrogens with one attached hydrogen (secondary N) is 8. The molecule has 0 bridgehead atoms. The maximum absolute atomic E-state index is 14.9. The summed E-state index contributed by atoms with van der Waals surface area (Å²) in [7, 11) is 1.38. The minimum atomic E-state index is -2.66. The summed E-state index contributed by atoms with van der Waals surface area (Å²) in [6, 6.07) is -6.33. The number of amides is 8. The molecule has 0 aliphatic heterocycles. The van der Waals surface area contributed by atoms with Crippen molar-refractivity contribution in [1.82, 2.24) is 42.5 Å². The van der Waals surface area contributed by atoms with Crippen LogP contribution in [-0.4, -0.2) is 178 Å². The van der Waals surface area contributed by atoms with E-state index < -0.39 is 180 Å². The van der Waals surface area contributed by atoms with Crippen molar-refractivity contribution in [1.29, 1.82) is 0 Å². The van der Waals surface area contributed by atoms with E-state index >= 15 is 0 Å². The van der Waals surface area contributed by atoms with Crippen LogP contribution >= 0.6 is 0 Å². The molecule has 0 heterocycles. The van der Waals surface area contributed by atoms with Crippen LogP contribution < -0.4 is 71.2 Å². The second-order valence-corrected chi connectivity index (χ2v) is 20.5. The van der Waals surface area contributed by atoms with Crippen molar-refractivity contribution in [2.24, 2.45) is 28.7 Å². The Morgan fingerprint density at radius 3 is 1.63 bits per heavy atom. The third-order valence-electron chi connectivity index (χ3n) is 13.3. The third kappa shape index (κ3) is 24.0. The van der Waals surface area contributed by atoms with Crippen LogP contribution in [0.2, 0.25) is 0 Å². The van der Waals surface area contributed by atoms with Crippen LogP contribution in [-0.2, 0) is 84.8 Å². The number of aliphatic carboxylic acids is 1. The highest BCUT2D eigenvalue weighted by Gasteiger charge is 2.45. The first-order valence-corrected chi connectivity index (χ1v) is 27.2. The summed E-state index contributed by atoms with van der Waals surface area (Å²) in [5, 5.41) is 36.8. The molecule has 2 aromatic rings. The molecule has 8 amide bonds. The van der Waals surface area contributed by atoms with Gasteiger partial charge in [0.15, 0.2) is 52.8 Å². The second kappa shape index (κ2) is 35.4. The minimum absolute atomic E-state index is 0.0395. The summed E-state index contributed by atoms with van der Waals surface area (Å²) in [6.07, 6.45) is 0.521. The number of nitrogens with two attached hydrogens (primary N) is 5. The van der Waals surface area contributed by atoms with E-state index in [0.717, 1.165) is 20.8 Å².